The second kappa shape index (κ2) is 8.49. The number of nitrogens with one attached hydrogen (secondary N) is 1. The Hall–Kier alpha value is -2.34. The summed E-state index contributed by atoms with van der Waals surface area (Å²) >= 11 is 1.59. The summed E-state index contributed by atoms with van der Waals surface area (Å²) in [4.78, 5) is 13.1. The highest BCUT2D eigenvalue weighted by Crippen LogP contribution is 2.32. The monoisotopic (exact) mass is 346 g/mol. The van der Waals surface area contributed by atoms with E-state index in [4.69, 9.17) is 15.2 Å². The first-order valence-corrected chi connectivity index (χ1v) is 8.53. The number of nitrogen functional groups attached to an aromatic ring is 1. The largest absolute Gasteiger partial charge is 0.493 e. The molecule has 2 aromatic carbocycles. The SMILES string of the molecule is COc1ccc(SCCC(=O)Nc2cc(N)ccc2C)cc1OC. The summed E-state index contributed by atoms with van der Waals surface area (Å²) in [6.07, 6.45) is 0.410. The Morgan fingerprint density at radius 2 is 1.88 bits per heavy atom. The van der Waals surface area contributed by atoms with Crippen molar-refractivity contribution in [2.75, 3.05) is 31.0 Å². The normalized spacial score (nSPS) is 10.3. The molecule has 0 aliphatic rings. The highest BCUT2D eigenvalue weighted by Gasteiger charge is 2.08. The molecule has 2 rings (SSSR count). The van der Waals surface area contributed by atoms with Gasteiger partial charge in [0.15, 0.2) is 11.5 Å². The van der Waals surface area contributed by atoms with Crippen LogP contribution in [0, 0.1) is 6.92 Å². The first kappa shape index (κ1) is 18.0. The lowest BCUT2D eigenvalue weighted by atomic mass is 10.2. The summed E-state index contributed by atoms with van der Waals surface area (Å²) in [6.45, 7) is 1.94. The van der Waals surface area contributed by atoms with Gasteiger partial charge in [-0.2, -0.15) is 0 Å². The van der Waals surface area contributed by atoms with Crippen molar-refractivity contribution in [1.82, 2.24) is 0 Å². The topological polar surface area (TPSA) is 73.6 Å². The Labute approximate surface area is 146 Å². The van der Waals surface area contributed by atoms with E-state index in [1.807, 2.05) is 37.3 Å². The molecule has 128 valence electrons. The average molecular weight is 346 g/mol. The van der Waals surface area contributed by atoms with E-state index in [2.05, 4.69) is 5.32 Å². The molecule has 0 bridgehead atoms. The van der Waals surface area contributed by atoms with E-state index in [-0.39, 0.29) is 5.91 Å². The lowest BCUT2D eigenvalue weighted by molar-refractivity contribution is -0.115. The molecule has 0 saturated heterocycles. The van der Waals surface area contributed by atoms with E-state index in [1.165, 1.54) is 0 Å². The van der Waals surface area contributed by atoms with Crippen LogP contribution in [0.1, 0.15) is 12.0 Å². The molecule has 0 radical (unpaired) electrons. The Morgan fingerprint density at radius 1 is 1.12 bits per heavy atom. The molecule has 0 aromatic heterocycles. The van der Waals surface area contributed by atoms with E-state index >= 15 is 0 Å². The van der Waals surface area contributed by atoms with Crippen LogP contribution in [0.3, 0.4) is 0 Å². The lowest BCUT2D eigenvalue weighted by Crippen LogP contribution is -2.13. The van der Waals surface area contributed by atoms with Crippen LogP contribution in [0.2, 0.25) is 0 Å². The van der Waals surface area contributed by atoms with Gasteiger partial charge in [0.2, 0.25) is 5.91 Å². The standard InChI is InChI=1S/C18H22N2O3S/c1-12-4-5-13(19)10-15(12)20-18(21)8-9-24-14-6-7-16(22-2)17(11-14)23-3/h4-7,10-11H,8-9,19H2,1-3H3,(H,20,21). The molecule has 0 saturated carbocycles. The quantitative estimate of drug-likeness (QED) is 0.590. The smallest absolute Gasteiger partial charge is 0.225 e. The predicted molar refractivity (Wildman–Crippen MR) is 99.1 cm³/mol. The average Bonchev–Trinajstić information content (AvgIpc) is 2.58. The van der Waals surface area contributed by atoms with E-state index < -0.39 is 0 Å². The lowest BCUT2D eigenvalue weighted by Gasteiger charge is -2.10. The fourth-order valence-electron chi connectivity index (χ4n) is 2.15. The summed E-state index contributed by atoms with van der Waals surface area (Å²) < 4.78 is 10.5. The third-order valence-electron chi connectivity index (χ3n) is 3.49. The Balaban J connectivity index is 1.87. The van der Waals surface area contributed by atoms with Gasteiger partial charge in [-0.05, 0) is 42.8 Å². The van der Waals surface area contributed by atoms with E-state index in [1.54, 1.807) is 32.0 Å². The summed E-state index contributed by atoms with van der Waals surface area (Å²) in [7, 11) is 3.21. The first-order chi connectivity index (χ1) is 11.5. The maximum Gasteiger partial charge on any atom is 0.225 e. The number of anilines is 2. The second-order valence-electron chi connectivity index (χ2n) is 5.24. The number of hydrogen-bond acceptors (Lipinski definition) is 5. The summed E-state index contributed by atoms with van der Waals surface area (Å²) in [5, 5.41) is 2.90. The van der Waals surface area contributed by atoms with E-state index in [9.17, 15) is 4.79 Å². The zero-order valence-corrected chi connectivity index (χ0v) is 14.9. The summed E-state index contributed by atoms with van der Waals surface area (Å²) in [5.41, 5.74) is 8.14. The van der Waals surface area contributed by atoms with Crippen LogP contribution in [-0.2, 0) is 4.79 Å². The second-order valence-corrected chi connectivity index (χ2v) is 6.41. The van der Waals surface area contributed by atoms with Crippen LogP contribution in [-0.4, -0.2) is 25.9 Å². The van der Waals surface area contributed by atoms with Gasteiger partial charge in [-0.15, -0.1) is 11.8 Å². The molecule has 5 nitrogen and oxygen atoms in total. The molecule has 3 N–H and O–H groups in total. The van der Waals surface area contributed by atoms with Gasteiger partial charge in [-0.3, -0.25) is 4.79 Å². The van der Waals surface area contributed by atoms with Crippen molar-refractivity contribution < 1.29 is 14.3 Å². The van der Waals surface area contributed by atoms with Gasteiger partial charge in [0, 0.05) is 28.4 Å². The van der Waals surface area contributed by atoms with Crippen molar-refractivity contribution >= 4 is 29.0 Å². The molecular formula is C18H22N2O3S. The van der Waals surface area contributed by atoms with Crippen molar-refractivity contribution in [2.45, 2.75) is 18.2 Å². The van der Waals surface area contributed by atoms with Gasteiger partial charge in [0.1, 0.15) is 0 Å². The number of hydrogen-bond donors (Lipinski definition) is 2. The highest BCUT2D eigenvalue weighted by atomic mass is 32.2. The number of methoxy groups -OCH3 is 2. The minimum absolute atomic E-state index is 0.0309. The van der Waals surface area contributed by atoms with Gasteiger partial charge in [-0.25, -0.2) is 0 Å². The predicted octanol–water partition coefficient (Wildman–Crippen LogP) is 3.72. The van der Waals surface area contributed by atoms with Crippen LogP contribution < -0.4 is 20.5 Å². The maximum atomic E-state index is 12.1. The molecule has 24 heavy (non-hydrogen) atoms. The molecule has 0 heterocycles. The van der Waals surface area contributed by atoms with Crippen molar-refractivity contribution in [1.29, 1.82) is 0 Å². The van der Waals surface area contributed by atoms with Gasteiger partial charge >= 0.3 is 0 Å². The first-order valence-electron chi connectivity index (χ1n) is 7.54. The Morgan fingerprint density at radius 3 is 2.58 bits per heavy atom. The number of carbonyl (C=O) groups excluding carboxylic acids is 1. The maximum absolute atomic E-state index is 12.1. The van der Waals surface area contributed by atoms with Gasteiger partial charge in [0.25, 0.3) is 0 Å². The van der Waals surface area contributed by atoms with Crippen LogP contribution in [0.15, 0.2) is 41.3 Å². The van der Waals surface area contributed by atoms with Crippen LogP contribution in [0.5, 0.6) is 11.5 Å². The van der Waals surface area contributed by atoms with Crippen molar-refractivity contribution in [3.8, 4) is 11.5 Å². The number of ether oxygens (including phenoxy) is 2. The third kappa shape index (κ3) is 4.83. The number of benzene rings is 2. The number of nitrogens with two attached hydrogens (primary N) is 1. The van der Waals surface area contributed by atoms with E-state index in [0.717, 1.165) is 16.1 Å². The van der Waals surface area contributed by atoms with Crippen LogP contribution in [0.25, 0.3) is 0 Å². The number of amides is 1. The zero-order valence-electron chi connectivity index (χ0n) is 14.1. The number of rotatable bonds is 7. The molecule has 2 aromatic rings. The molecule has 1 amide bonds. The minimum atomic E-state index is -0.0309. The number of carbonyl (C=O) groups is 1. The molecule has 0 atom stereocenters. The Bertz CT molecular complexity index is 719. The number of aryl methyl sites for hydroxylation is 1. The van der Waals surface area contributed by atoms with Gasteiger partial charge in [-0.1, -0.05) is 6.07 Å². The molecule has 6 heteroatoms. The van der Waals surface area contributed by atoms with E-state index in [0.29, 0.717) is 29.4 Å². The van der Waals surface area contributed by atoms with Gasteiger partial charge in [0.05, 0.1) is 14.2 Å². The third-order valence-corrected chi connectivity index (χ3v) is 4.48. The molecular weight excluding hydrogens is 324 g/mol. The number of thioether (sulfide) groups is 1. The van der Waals surface area contributed by atoms with Crippen LogP contribution >= 0.6 is 11.8 Å². The van der Waals surface area contributed by atoms with Crippen LogP contribution in [0.4, 0.5) is 11.4 Å². The van der Waals surface area contributed by atoms with Crippen molar-refractivity contribution in [2.24, 2.45) is 0 Å². The molecule has 0 spiro atoms. The molecule has 0 aliphatic carbocycles. The summed E-state index contributed by atoms with van der Waals surface area (Å²) in [6, 6.07) is 11.2. The molecule has 0 unspecified atom stereocenters. The van der Waals surface area contributed by atoms with Crippen molar-refractivity contribution in [3.05, 3.63) is 42.0 Å². The molecule has 0 fully saturated rings. The summed E-state index contributed by atoms with van der Waals surface area (Å²) in [5.74, 6) is 2.01. The fourth-order valence-corrected chi connectivity index (χ4v) is 3.03. The Kier molecular flexibility index (Phi) is 6.37. The zero-order chi connectivity index (χ0) is 17.5. The highest BCUT2D eigenvalue weighted by molar-refractivity contribution is 7.99. The fraction of sp³-hybridized carbons (Fsp3) is 0.278. The van der Waals surface area contributed by atoms with Crippen molar-refractivity contribution in [3.63, 3.8) is 0 Å². The van der Waals surface area contributed by atoms with Gasteiger partial charge < -0.3 is 20.5 Å². The molecule has 0 aliphatic heterocycles. The minimum Gasteiger partial charge on any atom is -0.493 e.